The normalized spacial score (nSPS) is 15.0. The molecule has 2 aromatic heterocycles. The number of H-pyrrole nitrogens is 2. The Bertz CT molecular complexity index is 3900. The molecule has 0 saturated carbocycles. The molecule has 1 fully saturated rings. The molecule has 3 aromatic carbocycles. The van der Waals surface area contributed by atoms with E-state index in [1.54, 1.807) is 102 Å². The maximum atomic E-state index is 14.8. The minimum absolute atomic E-state index is 0. The predicted octanol–water partition coefficient (Wildman–Crippen LogP) is 4.40. The molecular formula is C82H118N14O18. The predicted molar refractivity (Wildman–Crippen MR) is 426 cm³/mol. The van der Waals surface area contributed by atoms with Gasteiger partial charge < -0.3 is 67.3 Å². The summed E-state index contributed by atoms with van der Waals surface area (Å²) in [6, 6.07) is 18.0. The van der Waals surface area contributed by atoms with E-state index in [-0.39, 0.29) is 135 Å². The van der Waals surface area contributed by atoms with Gasteiger partial charge in [0, 0.05) is 157 Å². The molecule has 3 heterocycles. The van der Waals surface area contributed by atoms with Crippen LogP contribution in [0.15, 0.2) is 97.6 Å². The number of ketones is 4. The van der Waals surface area contributed by atoms with Crippen LogP contribution in [-0.2, 0) is 102 Å². The van der Waals surface area contributed by atoms with Gasteiger partial charge in [-0.2, -0.15) is 0 Å². The molecule has 1 aliphatic rings. The van der Waals surface area contributed by atoms with Crippen molar-refractivity contribution in [1.29, 1.82) is 0 Å². The number of primary amides is 1. The van der Waals surface area contributed by atoms with E-state index in [1.165, 1.54) is 13.3 Å². The summed E-state index contributed by atoms with van der Waals surface area (Å²) < 4.78 is 10.4. The van der Waals surface area contributed by atoms with E-state index >= 15 is 0 Å². The van der Waals surface area contributed by atoms with E-state index in [2.05, 4.69) is 74.5 Å². The highest BCUT2D eigenvalue weighted by Crippen LogP contribution is 2.26. The van der Waals surface area contributed by atoms with Gasteiger partial charge in [0.15, 0.2) is 23.1 Å². The first kappa shape index (κ1) is 94.2. The van der Waals surface area contributed by atoms with Crippen molar-refractivity contribution >= 4 is 99.5 Å². The molecule has 0 bridgehead atoms. The maximum Gasteiger partial charge on any atom is 0.317 e. The van der Waals surface area contributed by atoms with Crippen LogP contribution in [0.2, 0.25) is 0 Å². The largest absolute Gasteiger partial charge is 0.480 e. The second-order valence-corrected chi connectivity index (χ2v) is 30.4. The Morgan fingerprint density at radius 2 is 1.12 bits per heavy atom. The van der Waals surface area contributed by atoms with Gasteiger partial charge in [0.25, 0.3) is 6.47 Å². The summed E-state index contributed by atoms with van der Waals surface area (Å²) in [4.78, 5) is 204. The number of para-hydroxylation sites is 1. The highest BCUT2D eigenvalue weighted by atomic mass is 16.5. The first-order chi connectivity index (χ1) is 53.9. The number of amides is 7. The Kier molecular flexibility index (Phi) is 40.7. The standard InChI is InChI=1S/C81H114N14O18.CH4/c1-52(2)33-58(34-53(3)4)37-70(99)67(40-62-43-83-49-86-62)88-73(102)24-22-68(97)79(54(5)6)91-80(110)55(7)35-69(98)66(38-60-42-84-64-16-12-11-15-63(60)64)90-81(111)59(19-23-72(82)101)39-71(100)65(36-56-13-9-8-10-14-56)89-76(105)48-112-47-75(104)87-61-20-17-57(18-21-61)41-85-74(103)44-92-25-27-93(45-77(106)107)29-31-95(50-113-51-96)32-30-94(28-26-92)46-78(108)109;/h8-18,20-21,42-43,49,51-55,58-59,65-67,79,84H,19,22-41,44-48,50H2,1-7H3,(H2,82,101)(H,83,86)(H,85,103)(H,87,104)(H,88,102)(H,89,105)(H,90,111)(H,91,110)(H,106,107)(H,108,109);1H4/t55-,59-,65-,66+,67+,79+;/m1./s1. The molecule has 5 aromatic rings. The summed E-state index contributed by atoms with van der Waals surface area (Å²) in [6.45, 7) is 14.3. The van der Waals surface area contributed by atoms with E-state index in [4.69, 9.17) is 15.2 Å². The van der Waals surface area contributed by atoms with Crippen LogP contribution >= 0.6 is 0 Å². The zero-order valence-electron chi connectivity index (χ0n) is 65.9. The van der Waals surface area contributed by atoms with Crippen molar-refractivity contribution in [3.63, 3.8) is 0 Å². The number of ether oxygens (including phenoxy) is 2. The number of rotatable bonds is 49. The summed E-state index contributed by atoms with van der Waals surface area (Å²) in [5, 5.41) is 36.7. The number of carbonyl (C=O) groups excluding carboxylic acids is 12. The lowest BCUT2D eigenvalue weighted by molar-refractivity contribution is -0.139. The molecule has 1 saturated heterocycles. The molecule has 624 valence electrons. The summed E-state index contributed by atoms with van der Waals surface area (Å²) in [6.07, 6.45) is 4.72. The Hall–Kier alpha value is -10.4. The number of anilines is 1. The van der Waals surface area contributed by atoms with Gasteiger partial charge in [-0.25, -0.2) is 4.98 Å². The molecule has 12 N–H and O–H groups in total. The van der Waals surface area contributed by atoms with Crippen molar-refractivity contribution in [2.45, 2.75) is 164 Å². The van der Waals surface area contributed by atoms with Crippen LogP contribution in [0.5, 0.6) is 0 Å². The third-order valence-electron chi connectivity index (χ3n) is 19.6. The number of aliphatic carboxylic acids is 2. The number of hydrogen-bond donors (Lipinski definition) is 11. The van der Waals surface area contributed by atoms with Crippen molar-refractivity contribution in [3.8, 4) is 0 Å². The first-order valence-electron chi connectivity index (χ1n) is 38.7. The van der Waals surface area contributed by atoms with Crippen molar-refractivity contribution in [1.82, 2.24) is 61.1 Å². The van der Waals surface area contributed by atoms with Gasteiger partial charge in [0.1, 0.15) is 19.9 Å². The summed E-state index contributed by atoms with van der Waals surface area (Å²) in [5.74, 6) is -10.3. The molecule has 32 heteroatoms. The van der Waals surface area contributed by atoms with Gasteiger partial charge in [0.2, 0.25) is 41.4 Å². The van der Waals surface area contributed by atoms with E-state index in [1.807, 2.05) is 23.1 Å². The monoisotopic (exact) mass is 1590 g/mol. The summed E-state index contributed by atoms with van der Waals surface area (Å²) in [5.41, 5.74) is 9.31. The molecule has 0 unspecified atom stereocenters. The number of carboxylic acid groups (broad SMARTS) is 2. The fraction of sp³-hybridized carbons (Fsp3) is 0.549. The van der Waals surface area contributed by atoms with Crippen molar-refractivity contribution < 1.29 is 86.8 Å². The quantitative estimate of drug-likeness (QED) is 0.0240. The highest BCUT2D eigenvalue weighted by molar-refractivity contribution is 5.98. The number of hydrogen-bond acceptors (Lipinski definition) is 21. The minimum atomic E-state index is -1.31. The Labute approximate surface area is 666 Å². The van der Waals surface area contributed by atoms with Crippen LogP contribution < -0.4 is 37.6 Å². The number of Topliss-reactive ketones (excluding diaryl/α,β-unsaturated/α-hetero) is 4. The number of nitrogens with zero attached hydrogens (tertiary/aromatic N) is 5. The number of nitrogens with one attached hydrogen (secondary N) is 8. The highest BCUT2D eigenvalue weighted by Gasteiger charge is 2.35. The number of benzene rings is 3. The van der Waals surface area contributed by atoms with Crippen LogP contribution in [0.25, 0.3) is 10.9 Å². The smallest absolute Gasteiger partial charge is 0.317 e. The van der Waals surface area contributed by atoms with Gasteiger partial charge in [-0.05, 0) is 84.2 Å². The molecule has 0 spiro atoms. The van der Waals surface area contributed by atoms with Crippen LogP contribution in [0.1, 0.15) is 136 Å². The van der Waals surface area contributed by atoms with E-state index in [0.717, 1.165) is 23.7 Å². The topological polar surface area (TPSA) is 454 Å². The Morgan fingerprint density at radius 3 is 1.71 bits per heavy atom. The summed E-state index contributed by atoms with van der Waals surface area (Å²) >= 11 is 0. The van der Waals surface area contributed by atoms with Crippen molar-refractivity contribution in [3.05, 3.63) is 120 Å². The Morgan fingerprint density at radius 1 is 0.561 bits per heavy atom. The minimum Gasteiger partial charge on any atom is -0.480 e. The van der Waals surface area contributed by atoms with E-state index in [0.29, 0.717) is 72.6 Å². The zero-order chi connectivity index (χ0) is 82.5. The molecular weight excluding hydrogens is 1470 g/mol. The average Bonchev–Trinajstić information content (AvgIpc) is 1.63. The molecule has 6 atom stereocenters. The first-order valence-corrected chi connectivity index (χ1v) is 38.7. The van der Waals surface area contributed by atoms with Gasteiger partial charge in [-0.1, -0.05) is 117 Å². The fourth-order valence-corrected chi connectivity index (χ4v) is 13.7. The zero-order valence-corrected chi connectivity index (χ0v) is 65.9. The summed E-state index contributed by atoms with van der Waals surface area (Å²) in [7, 11) is 0. The number of carbonyl (C=O) groups is 14. The second kappa shape index (κ2) is 49.3. The fourth-order valence-electron chi connectivity index (χ4n) is 13.7. The molecule has 6 rings (SSSR count). The van der Waals surface area contributed by atoms with E-state index in [9.17, 15) is 77.3 Å². The lowest BCUT2D eigenvalue weighted by Gasteiger charge is -2.32. The number of fused-ring (bicyclic) bond motifs is 1. The van der Waals surface area contributed by atoms with Crippen LogP contribution in [0.4, 0.5) is 5.69 Å². The molecule has 32 nitrogen and oxygen atoms in total. The van der Waals surface area contributed by atoms with Crippen LogP contribution in [-0.4, -0.2) is 244 Å². The number of nitrogens with two attached hydrogens (primary N) is 1. The molecule has 7 amide bonds. The number of aromatic amines is 2. The van der Waals surface area contributed by atoms with Crippen molar-refractivity contribution in [2.75, 3.05) is 97.3 Å². The van der Waals surface area contributed by atoms with Crippen molar-refractivity contribution in [2.24, 2.45) is 41.2 Å². The lowest BCUT2D eigenvalue weighted by Crippen LogP contribution is -2.49. The van der Waals surface area contributed by atoms with E-state index < -0.39 is 133 Å². The number of carboxylic acids is 2. The van der Waals surface area contributed by atoms with Crippen LogP contribution in [0, 0.1) is 35.5 Å². The molecule has 0 aliphatic carbocycles. The lowest BCUT2D eigenvalue weighted by atomic mass is 9.84. The molecule has 0 radical (unpaired) electrons. The van der Waals surface area contributed by atoms with Gasteiger partial charge in [-0.3, -0.25) is 86.7 Å². The SMILES string of the molecule is C.CC(C)CC(CC(=O)[C@H](Cc1cnc[nH]1)NC(=O)CCC(=O)[C@@H](NC(=O)[C@H](C)CC(=O)[C@H](Cc1c[nH]c2ccccc12)NC(=O)[C@H](CCC(N)=O)CC(=O)[C@@H](Cc1ccccc1)NC(=O)COCC(=O)Nc1ccc(CNC(=O)CN2CCN(CC(=O)O)CCN(COC=O)CCN(CC(=O)O)CC2)cc1)C(C)C)CC(C)C. The van der Waals surface area contributed by atoms with Crippen LogP contribution in [0.3, 0.4) is 0 Å². The molecule has 1 aliphatic heterocycles. The number of aromatic nitrogens is 3. The average molecular weight is 1590 g/mol. The van der Waals surface area contributed by atoms with Gasteiger partial charge in [-0.15, -0.1) is 0 Å². The number of imidazole rings is 1. The maximum absolute atomic E-state index is 14.8. The molecule has 114 heavy (non-hydrogen) atoms. The second-order valence-electron chi connectivity index (χ2n) is 30.4. The van der Waals surface area contributed by atoms with Gasteiger partial charge in [0.05, 0.1) is 50.1 Å². The van der Waals surface area contributed by atoms with Gasteiger partial charge >= 0.3 is 11.9 Å². The third-order valence-corrected chi connectivity index (χ3v) is 19.6. The Balaban J connectivity index is 0.0000232. The third kappa shape index (κ3) is 34.9.